The molecule has 0 spiro atoms. The fourth-order valence-corrected chi connectivity index (χ4v) is 4.41. The smallest absolute Gasteiger partial charge is 0.230 e. The Morgan fingerprint density at radius 2 is 1.76 bits per heavy atom. The molecule has 0 bridgehead atoms. The number of nitrogens with zero attached hydrogens (tertiary/aromatic N) is 4. The fraction of sp³-hybridized carbons (Fsp3) is 0.423. The van der Waals surface area contributed by atoms with Gasteiger partial charge >= 0.3 is 0 Å². The van der Waals surface area contributed by atoms with Crippen LogP contribution in [0.1, 0.15) is 43.1 Å². The van der Waals surface area contributed by atoms with E-state index in [0.717, 1.165) is 73.9 Å². The van der Waals surface area contributed by atoms with E-state index in [0.29, 0.717) is 18.2 Å². The third-order valence-corrected chi connectivity index (χ3v) is 6.81. The predicted octanol–water partition coefficient (Wildman–Crippen LogP) is 4.29. The largest absolute Gasteiger partial charge is 0.497 e. The van der Waals surface area contributed by atoms with Gasteiger partial charge in [0.2, 0.25) is 17.6 Å². The molecule has 2 aliphatic rings. The number of amides is 1. The summed E-state index contributed by atoms with van der Waals surface area (Å²) >= 11 is 0. The highest BCUT2D eigenvalue weighted by molar-refractivity contribution is 5.77. The summed E-state index contributed by atoms with van der Waals surface area (Å²) in [7, 11) is 1.66. The van der Waals surface area contributed by atoms with Gasteiger partial charge in [-0.3, -0.25) is 4.79 Å². The van der Waals surface area contributed by atoms with Gasteiger partial charge in [0.1, 0.15) is 5.75 Å². The SMILES string of the molecule is COc1ccc(CCC(=O)N2CCN(c3ccc(-c4noc(C5CCC5)n4)cc3)CC2)cc1. The standard InChI is InChI=1S/C26H30N4O3/c1-32-23-12-5-19(6-13-23)7-14-24(31)30-17-15-29(16-18-30)22-10-8-20(9-11-22)25-27-26(33-28-25)21-3-2-4-21/h5-6,8-13,21H,2-4,7,14-18H2,1H3. The fourth-order valence-electron chi connectivity index (χ4n) is 4.41. The summed E-state index contributed by atoms with van der Waals surface area (Å²) in [6, 6.07) is 16.2. The highest BCUT2D eigenvalue weighted by Gasteiger charge is 2.26. The van der Waals surface area contributed by atoms with Crippen LogP contribution in [0.5, 0.6) is 5.75 Å². The molecule has 0 unspecified atom stereocenters. The van der Waals surface area contributed by atoms with Gasteiger partial charge in [-0.15, -0.1) is 0 Å². The lowest BCUT2D eigenvalue weighted by Crippen LogP contribution is -2.48. The van der Waals surface area contributed by atoms with Crippen LogP contribution in [0.2, 0.25) is 0 Å². The molecule has 3 aromatic rings. The first kappa shape index (κ1) is 21.5. The molecule has 1 saturated heterocycles. The minimum Gasteiger partial charge on any atom is -0.497 e. The van der Waals surface area contributed by atoms with Crippen molar-refractivity contribution in [1.82, 2.24) is 15.0 Å². The van der Waals surface area contributed by atoms with E-state index in [1.807, 2.05) is 29.2 Å². The Hall–Kier alpha value is -3.35. The number of hydrogen-bond acceptors (Lipinski definition) is 6. The lowest BCUT2D eigenvalue weighted by Gasteiger charge is -2.36. The van der Waals surface area contributed by atoms with Gasteiger partial charge in [0, 0.05) is 49.8 Å². The molecule has 2 fully saturated rings. The maximum absolute atomic E-state index is 12.7. The van der Waals surface area contributed by atoms with Gasteiger partial charge in [-0.1, -0.05) is 23.7 Å². The van der Waals surface area contributed by atoms with Crippen molar-refractivity contribution in [2.75, 3.05) is 38.2 Å². The van der Waals surface area contributed by atoms with Crippen molar-refractivity contribution >= 4 is 11.6 Å². The van der Waals surface area contributed by atoms with E-state index in [4.69, 9.17) is 9.26 Å². The zero-order valence-corrected chi connectivity index (χ0v) is 19.1. The van der Waals surface area contributed by atoms with Crippen molar-refractivity contribution in [3.8, 4) is 17.1 Å². The summed E-state index contributed by atoms with van der Waals surface area (Å²) in [6.45, 7) is 3.17. The Morgan fingerprint density at radius 3 is 2.39 bits per heavy atom. The summed E-state index contributed by atoms with van der Waals surface area (Å²) in [5.41, 5.74) is 3.29. The molecule has 0 atom stereocenters. The molecule has 0 N–H and O–H groups in total. The molecule has 2 heterocycles. The number of aromatic nitrogens is 2. The first-order chi connectivity index (χ1) is 16.2. The van der Waals surface area contributed by atoms with E-state index >= 15 is 0 Å². The van der Waals surface area contributed by atoms with Crippen molar-refractivity contribution in [1.29, 1.82) is 0 Å². The van der Waals surface area contributed by atoms with Crippen LogP contribution in [-0.2, 0) is 11.2 Å². The second-order valence-electron chi connectivity index (χ2n) is 8.85. The number of ether oxygens (including phenoxy) is 1. The van der Waals surface area contributed by atoms with Crippen LogP contribution >= 0.6 is 0 Å². The van der Waals surface area contributed by atoms with Gasteiger partial charge in [-0.25, -0.2) is 0 Å². The molecule has 1 amide bonds. The number of carbonyl (C=O) groups excluding carboxylic acids is 1. The molecule has 33 heavy (non-hydrogen) atoms. The summed E-state index contributed by atoms with van der Waals surface area (Å²) < 4.78 is 10.6. The molecule has 172 valence electrons. The molecular formula is C26H30N4O3. The van der Waals surface area contributed by atoms with E-state index in [1.165, 1.54) is 6.42 Å². The third kappa shape index (κ3) is 4.87. The number of anilines is 1. The van der Waals surface area contributed by atoms with E-state index < -0.39 is 0 Å². The number of benzene rings is 2. The maximum atomic E-state index is 12.7. The van der Waals surface area contributed by atoms with Crippen molar-refractivity contribution in [2.24, 2.45) is 0 Å². The lowest BCUT2D eigenvalue weighted by atomic mass is 9.85. The first-order valence-electron chi connectivity index (χ1n) is 11.8. The van der Waals surface area contributed by atoms with Crippen LogP contribution in [0, 0.1) is 0 Å². The van der Waals surface area contributed by atoms with Gasteiger partial charge in [0.05, 0.1) is 7.11 Å². The molecule has 5 rings (SSSR count). The minimum absolute atomic E-state index is 0.222. The van der Waals surface area contributed by atoms with Crippen molar-refractivity contribution in [3.05, 3.63) is 60.0 Å². The number of rotatable bonds is 7. The highest BCUT2D eigenvalue weighted by atomic mass is 16.5. The zero-order chi connectivity index (χ0) is 22.6. The normalized spacial score (nSPS) is 16.5. The molecule has 1 saturated carbocycles. The van der Waals surface area contributed by atoms with Crippen LogP contribution in [0.4, 0.5) is 5.69 Å². The average Bonchev–Trinajstić information content (AvgIpc) is 3.31. The maximum Gasteiger partial charge on any atom is 0.230 e. The third-order valence-electron chi connectivity index (χ3n) is 6.81. The minimum atomic E-state index is 0.222. The van der Waals surface area contributed by atoms with E-state index in [9.17, 15) is 4.79 Å². The Balaban J connectivity index is 1.11. The van der Waals surface area contributed by atoms with Gasteiger partial charge in [-0.05, 0) is 61.2 Å². The number of piperazine rings is 1. The summed E-state index contributed by atoms with van der Waals surface area (Å²) in [5.74, 6) is 2.94. The molecule has 7 heteroatoms. The second kappa shape index (κ2) is 9.65. The summed E-state index contributed by atoms with van der Waals surface area (Å²) in [4.78, 5) is 21.6. The van der Waals surface area contributed by atoms with Crippen molar-refractivity contribution in [3.63, 3.8) is 0 Å². The van der Waals surface area contributed by atoms with Crippen LogP contribution in [0.15, 0.2) is 53.1 Å². The quantitative estimate of drug-likeness (QED) is 0.539. The van der Waals surface area contributed by atoms with Crippen molar-refractivity contribution < 1.29 is 14.1 Å². The van der Waals surface area contributed by atoms with Gasteiger partial charge in [0.25, 0.3) is 0 Å². The lowest BCUT2D eigenvalue weighted by molar-refractivity contribution is -0.131. The Kier molecular flexibility index (Phi) is 6.28. The Morgan fingerprint density at radius 1 is 1.03 bits per heavy atom. The number of aryl methyl sites for hydroxylation is 1. The van der Waals surface area contributed by atoms with E-state index in [-0.39, 0.29) is 5.91 Å². The van der Waals surface area contributed by atoms with Gasteiger partial charge < -0.3 is 19.1 Å². The number of hydrogen-bond donors (Lipinski definition) is 0. The number of methoxy groups -OCH3 is 1. The number of carbonyl (C=O) groups is 1. The molecule has 7 nitrogen and oxygen atoms in total. The van der Waals surface area contributed by atoms with Crippen molar-refractivity contribution in [2.45, 2.75) is 38.0 Å². The van der Waals surface area contributed by atoms with Crippen LogP contribution in [-0.4, -0.2) is 54.2 Å². The molecule has 1 aliphatic carbocycles. The van der Waals surface area contributed by atoms with Gasteiger partial charge in [-0.2, -0.15) is 4.98 Å². The molecule has 2 aromatic carbocycles. The Bertz CT molecular complexity index is 1070. The second-order valence-corrected chi connectivity index (χ2v) is 8.85. The Labute approximate surface area is 194 Å². The molecule has 1 aliphatic heterocycles. The average molecular weight is 447 g/mol. The summed E-state index contributed by atoms with van der Waals surface area (Å²) in [5, 5.41) is 4.16. The topological polar surface area (TPSA) is 71.7 Å². The zero-order valence-electron chi connectivity index (χ0n) is 19.1. The summed E-state index contributed by atoms with van der Waals surface area (Å²) in [6.07, 6.45) is 4.84. The van der Waals surface area contributed by atoms with Crippen LogP contribution in [0.3, 0.4) is 0 Å². The predicted molar refractivity (Wildman–Crippen MR) is 126 cm³/mol. The molecule has 0 radical (unpaired) electrons. The highest BCUT2D eigenvalue weighted by Crippen LogP contribution is 2.36. The molecular weight excluding hydrogens is 416 g/mol. The van der Waals surface area contributed by atoms with E-state index in [1.54, 1.807) is 7.11 Å². The van der Waals surface area contributed by atoms with E-state index in [2.05, 4.69) is 39.3 Å². The van der Waals surface area contributed by atoms with Gasteiger partial charge in [0.15, 0.2) is 0 Å². The monoisotopic (exact) mass is 446 g/mol. The first-order valence-corrected chi connectivity index (χ1v) is 11.8. The molecule has 1 aromatic heterocycles. The van der Waals surface area contributed by atoms with Crippen LogP contribution in [0.25, 0.3) is 11.4 Å². The van der Waals surface area contributed by atoms with Crippen LogP contribution < -0.4 is 9.64 Å².